The average Bonchev–Trinajstić information content (AvgIpc) is 3.10. The molecule has 1 aromatic carbocycles. The van der Waals surface area contributed by atoms with Crippen LogP contribution in [0.3, 0.4) is 0 Å². The van der Waals surface area contributed by atoms with E-state index >= 15 is 0 Å². The first-order chi connectivity index (χ1) is 10.2. The van der Waals surface area contributed by atoms with Crippen LogP contribution in [0.4, 0.5) is 0 Å². The summed E-state index contributed by atoms with van der Waals surface area (Å²) in [4.78, 5) is 2.38. The number of hydrogen-bond acceptors (Lipinski definition) is 3. The SMILES string of the molecule is OC(CN1CCCC1c1cccc(Br)c1)Cn1cccn1. The summed E-state index contributed by atoms with van der Waals surface area (Å²) in [6.45, 7) is 2.29. The van der Waals surface area contributed by atoms with Crippen LogP contribution in [-0.2, 0) is 6.54 Å². The molecule has 1 saturated heterocycles. The van der Waals surface area contributed by atoms with Gasteiger partial charge in [-0.25, -0.2) is 0 Å². The van der Waals surface area contributed by atoms with Gasteiger partial charge in [0.15, 0.2) is 0 Å². The number of likely N-dealkylation sites (tertiary alicyclic amines) is 1. The molecule has 0 aliphatic carbocycles. The van der Waals surface area contributed by atoms with E-state index < -0.39 is 6.10 Å². The number of benzene rings is 1. The van der Waals surface area contributed by atoms with Crippen molar-refractivity contribution in [2.24, 2.45) is 0 Å². The first-order valence-corrected chi connectivity index (χ1v) is 8.16. The fraction of sp³-hybridized carbons (Fsp3) is 0.438. The Kier molecular flexibility index (Phi) is 4.73. The number of β-amino-alcohol motifs (C(OH)–C–C–N with tert-alkyl or cyclic N) is 1. The van der Waals surface area contributed by atoms with Gasteiger partial charge in [0, 0.05) is 29.5 Å². The van der Waals surface area contributed by atoms with Gasteiger partial charge in [-0.2, -0.15) is 5.10 Å². The van der Waals surface area contributed by atoms with Crippen LogP contribution in [0.2, 0.25) is 0 Å². The third-order valence-corrected chi connectivity index (χ3v) is 4.49. The summed E-state index contributed by atoms with van der Waals surface area (Å²) in [5.74, 6) is 0. The molecule has 1 aromatic heterocycles. The Labute approximate surface area is 133 Å². The van der Waals surface area contributed by atoms with E-state index in [-0.39, 0.29) is 0 Å². The second kappa shape index (κ2) is 6.73. The molecule has 2 unspecified atom stereocenters. The zero-order valence-electron chi connectivity index (χ0n) is 11.9. The molecular weight excluding hydrogens is 330 g/mol. The third-order valence-electron chi connectivity index (χ3n) is 4.00. The number of nitrogens with zero attached hydrogens (tertiary/aromatic N) is 3. The minimum Gasteiger partial charge on any atom is -0.390 e. The standard InChI is InChI=1S/C16H20BrN3O/c17-14-5-1-4-13(10-14)16-6-2-8-19(16)11-15(21)12-20-9-3-7-18-20/h1,3-5,7,9-10,15-16,21H,2,6,8,11-12H2. The van der Waals surface area contributed by atoms with Gasteiger partial charge in [-0.3, -0.25) is 9.58 Å². The normalized spacial score (nSPS) is 20.8. The summed E-state index contributed by atoms with van der Waals surface area (Å²) in [6, 6.07) is 10.8. The highest BCUT2D eigenvalue weighted by Gasteiger charge is 2.27. The quantitative estimate of drug-likeness (QED) is 0.902. The topological polar surface area (TPSA) is 41.3 Å². The summed E-state index contributed by atoms with van der Waals surface area (Å²) in [5, 5.41) is 14.4. The predicted octanol–water partition coefficient (Wildman–Crippen LogP) is 2.84. The zero-order valence-corrected chi connectivity index (χ0v) is 13.5. The van der Waals surface area contributed by atoms with E-state index in [1.54, 1.807) is 10.9 Å². The highest BCUT2D eigenvalue weighted by atomic mass is 79.9. The molecule has 3 rings (SSSR count). The molecule has 0 bridgehead atoms. The van der Waals surface area contributed by atoms with Gasteiger partial charge in [-0.1, -0.05) is 28.1 Å². The number of aliphatic hydroxyl groups is 1. The van der Waals surface area contributed by atoms with E-state index in [1.807, 2.05) is 12.3 Å². The van der Waals surface area contributed by atoms with E-state index in [9.17, 15) is 5.11 Å². The highest BCUT2D eigenvalue weighted by Crippen LogP contribution is 2.33. The van der Waals surface area contributed by atoms with Crippen LogP contribution >= 0.6 is 15.9 Å². The molecule has 4 nitrogen and oxygen atoms in total. The van der Waals surface area contributed by atoms with E-state index in [0.717, 1.165) is 17.4 Å². The Bertz CT molecular complexity index is 573. The summed E-state index contributed by atoms with van der Waals surface area (Å²) < 4.78 is 2.90. The van der Waals surface area contributed by atoms with Gasteiger partial charge in [-0.15, -0.1) is 0 Å². The maximum absolute atomic E-state index is 10.3. The van der Waals surface area contributed by atoms with Gasteiger partial charge in [0.25, 0.3) is 0 Å². The van der Waals surface area contributed by atoms with Crippen LogP contribution in [0.1, 0.15) is 24.4 Å². The number of hydrogen-bond donors (Lipinski definition) is 1. The minimum atomic E-state index is -0.391. The maximum Gasteiger partial charge on any atom is 0.0862 e. The largest absolute Gasteiger partial charge is 0.390 e. The molecule has 1 fully saturated rings. The molecule has 1 aliphatic rings. The van der Waals surface area contributed by atoms with Crippen molar-refractivity contribution in [3.63, 3.8) is 0 Å². The lowest BCUT2D eigenvalue weighted by atomic mass is 10.0. The summed E-state index contributed by atoms with van der Waals surface area (Å²) in [5.41, 5.74) is 1.33. The molecule has 1 aliphatic heterocycles. The minimum absolute atomic E-state index is 0.391. The van der Waals surface area contributed by atoms with Gasteiger partial charge in [0.2, 0.25) is 0 Å². The van der Waals surface area contributed by atoms with Crippen molar-refractivity contribution in [3.05, 3.63) is 52.8 Å². The Morgan fingerprint density at radius 3 is 3.00 bits per heavy atom. The van der Waals surface area contributed by atoms with Crippen molar-refractivity contribution in [2.75, 3.05) is 13.1 Å². The molecule has 0 amide bonds. The predicted molar refractivity (Wildman–Crippen MR) is 85.9 cm³/mol. The Morgan fingerprint density at radius 1 is 1.33 bits per heavy atom. The van der Waals surface area contributed by atoms with Crippen molar-refractivity contribution in [1.29, 1.82) is 0 Å². The maximum atomic E-state index is 10.3. The van der Waals surface area contributed by atoms with Crippen molar-refractivity contribution in [3.8, 4) is 0 Å². The third kappa shape index (κ3) is 3.73. The molecule has 5 heteroatoms. The van der Waals surface area contributed by atoms with Crippen LogP contribution in [-0.4, -0.2) is 39.0 Å². The number of rotatable bonds is 5. The fourth-order valence-corrected chi connectivity index (χ4v) is 3.51. The van der Waals surface area contributed by atoms with Crippen molar-refractivity contribution < 1.29 is 5.11 Å². The molecule has 1 N–H and O–H groups in total. The lowest BCUT2D eigenvalue weighted by Gasteiger charge is -2.27. The van der Waals surface area contributed by atoms with Crippen molar-refractivity contribution in [1.82, 2.24) is 14.7 Å². The number of aromatic nitrogens is 2. The lowest BCUT2D eigenvalue weighted by molar-refractivity contribution is 0.0890. The van der Waals surface area contributed by atoms with Gasteiger partial charge in [0.05, 0.1) is 12.6 Å². The van der Waals surface area contributed by atoms with Crippen LogP contribution in [0.25, 0.3) is 0 Å². The fourth-order valence-electron chi connectivity index (χ4n) is 3.09. The molecule has 21 heavy (non-hydrogen) atoms. The molecule has 0 saturated carbocycles. The summed E-state index contributed by atoms with van der Waals surface area (Å²) >= 11 is 3.54. The molecular formula is C16H20BrN3O. The first kappa shape index (κ1) is 14.8. The molecule has 2 aromatic rings. The Hall–Kier alpha value is -1.17. The number of halogens is 1. The first-order valence-electron chi connectivity index (χ1n) is 7.37. The van der Waals surface area contributed by atoms with Crippen LogP contribution in [0.5, 0.6) is 0 Å². The van der Waals surface area contributed by atoms with Gasteiger partial charge >= 0.3 is 0 Å². The van der Waals surface area contributed by atoms with Gasteiger partial charge in [0.1, 0.15) is 0 Å². The van der Waals surface area contributed by atoms with Crippen molar-refractivity contribution in [2.45, 2.75) is 31.5 Å². The van der Waals surface area contributed by atoms with Crippen molar-refractivity contribution >= 4 is 15.9 Å². The van der Waals surface area contributed by atoms with Crippen LogP contribution in [0, 0.1) is 0 Å². The highest BCUT2D eigenvalue weighted by molar-refractivity contribution is 9.10. The second-order valence-electron chi connectivity index (χ2n) is 5.59. The summed E-state index contributed by atoms with van der Waals surface area (Å²) in [7, 11) is 0. The van der Waals surface area contributed by atoms with Gasteiger partial charge in [-0.05, 0) is 43.1 Å². The van der Waals surface area contributed by atoms with E-state index in [2.05, 4.69) is 50.2 Å². The molecule has 0 radical (unpaired) electrons. The van der Waals surface area contributed by atoms with E-state index in [0.29, 0.717) is 19.1 Å². The van der Waals surface area contributed by atoms with Crippen LogP contribution < -0.4 is 0 Å². The molecule has 0 spiro atoms. The molecule has 2 atom stereocenters. The number of aliphatic hydroxyl groups excluding tert-OH is 1. The second-order valence-corrected chi connectivity index (χ2v) is 6.51. The molecule has 2 heterocycles. The molecule has 112 valence electrons. The monoisotopic (exact) mass is 349 g/mol. The summed E-state index contributed by atoms with van der Waals surface area (Å²) in [6.07, 6.45) is 5.58. The zero-order chi connectivity index (χ0) is 14.7. The Morgan fingerprint density at radius 2 is 2.24 bits per heavy atom. The van der Waals surface area contributed by atoms with E-state index in [4.69, 9.17) is 0 Å². The smallest absolute Gasteiger partial charge is 0.0862 e. The Balaban J connectivity index is 1.64. The average molecular weight is 350 g/mol. The van der Waals surface area contributed by atoms with E-state index in [1.165, 1.54) is 12.0 Å². The lowest BCUT2D eigenvalue weighted by Crippen LogP contribution is -2.34. The van der Waals surface area contributed by atoms with Gasteiger partial charge < -0.3 is 5.11 Å². The van der Waals surface area contributed by atoms with Crippen LogP contribution in [0.15, 0.2) is 47.2 Å².